The number of hydrogen-bond acceptors (Lipinski definition) is 14. The van der Waals surface area contributed by atoms with E-state index in [1.165, 1.54) is 17.1 Å². The van der Waals surface area contributed by atoms with Crippen molar-refractivity contribution in [2.75, 3.05) is 23.8 Å². The van der Waals surface area contributed by atoms with E-state index in [2.05, 4.69) is 40.9 Å². The summed E-state index contributed by atoms with van der Waals surface area (Å²) in [5, 5.41) is 39.1. The second kappa shape index (κ2) is 10.3. The van der Waals surface area contributed by atoms with Crippen molar-refractivity contribution in [1.82, 2.24) is 35.8 Å². The highest BCUT2D eigenvalue weighted by molar-refractivity contribution is 8.01. The van der Waals surface area contributed by atoms with Gasteiger partial charge in [-0.05, 0) is 10.8 Å². The van der Waals surface area contributed by atoms with Gasteiger partial charge >= 0.3 is 11.9 Å². The fourth-order valence-electron chi connectivity index (χ4n) is 3.12. The summed E-state index contributed by atoms with van der Waals surface area (Å²) in [7, 11) is 0. The Hall–Kier alpha value is -3.71. The van der Waals surface area contributed by atoms with Gasteiger partial charge in [0.15, 0.2) is 10.8 Å². The van der Waals surface area contributed by atoms with Crippen molar-refractivity contribution >= 4 is 69.5 Å². The molecule has 16 nitrogen and oxygen atoms in total. The van der Waals surface area contributed by atoms with Crippen LogP contribution in [0.4, 0.5) is 5.13 Å². The molecular formula is C16H15N9O7S3. The molecule has 1 unspecified atom stereocenters. The number of rotatable bonds is 10. The predicted octanol–water partition coefficient (Wildman–Crippen LogP) is -1.43. The normalized spacial score (nSPS) is 19.7. The molecule has 0 radical (unpaired) electrons. The molecule has 2 aliphatic rings. The number of anilines is 1. The molecule has 0 saturated carbocycles. The molecule has 4 heterocycles. The van der Waals surface area contributed by atoms with E-state index >= 15 is 0 Å². The zero-order valence-electron chi connectivity index (χ0n) is 17.3. The number of oxime groups is 1. The summed E-state index contributed by atoms with van der Waals surface area (Å²) in [6.45, 7) is -0.803. The first kappa shape index (κ1) is 24.4. The number of carboxylic acid groups (broad SMARTS) is 2. The summed E-state index contributed by atoms with van der Waals surface area (Å²) < 4.78 is 0. The van der Waals surface area contributed by atoms with Gasteiger partial charge in [-0.15, -0.1) is 33.3 Å². The molecule has 184 valence electrons. The Morgan fingerprint density at radius 3 is 2.83 bits per heavy atom. The third kappa shape index (κ3) is 5.20. The highest BCUT2D eigenvalue weighted by Crippen LogP contribution is 2.41. The number of thiazole rings is 1. The molecule has 4 rings (SSSR count). The lowest BCUT2D eigenvalue weighted by atomic mass is 10.0. The predicted molar refractivity (Wildman–Crippen MR) is 121 cm³/mol. The number of nitrogens with zero attached hydrogens (tertiary/aromatic N) is 6. The lowest BCUT2D eigenvalue weighted by molar-refractivity contribution is -0.150. The highest BCUT2D eigenvalue weighted by Gasteiger charge is 2.54. The third-order valence-corrected chi connectivity index (χ3v) is 7.50. The van der Waals surface area contributed by atoms with Crippen molar-refractivity contribution in [1.29, 1.82) is 0 Å². The monoisotopic (exact) mass is 541 g/mol. The van der Waals surface area contributed by atoms with E-state index in [0.29, 0.717) is 16.5 Å². The molecule has 2 atom stereocenters. The number of carbonyl (C=O) groups is 4. The van der Waals surface area contributed by atoms with E-state index in [1.807, 2.05) is 0 Å². The van der Waals surface area contributed by atoms with Gasteiger partial charge in [0.25, 0.3) is 11.8 Å². The summed E-state index contributed by atoms with van der Waals surface area (Å²) in [5.74, 6) is -3.56. The number of nitrogens with two attached hydrogens (primary N) is 1. The van der Waals surface area contributed by atoms with Crippen LogP contribution in [0.3, 0.4) is 0 Å². The first-order valence-corrected chi connectivity index (χ1v) is 12.4. The number of aliphatic carboxylic acids is 2. The Kier molecular flexibility index (Phi) is 7.17. The van der Waals surface area contributed by atoms with Gasteiger partial charge in [-0.25, -0.2) is 14.6 Å². The Morgan fingerprint density at radius 1 is 1.40 bits per heavy atom. The number of carbonyl (C=O) groups excluding carboxylic acids is 2. The third-order valence-electron chi connectivity index (χ3n) is 4.56. The summed E-state index contributed by atoms with van der Waals surface area (Å²) in [5.41, 5.74) is 5.59. The molecule has 2 aromatic rings. The van der Waals surface area contributed by atoms with E-state index in [-0.39, 0.29) is 28.0 Å². The van der Waals surface area contributed by atoms with Crippen LogP contribution in [-0.4, -0.2) is 99.7 Å². The average molecular weight is 542 g/mol. The first-order chi connectivity index (χ1) is 16.8. The number of hydrogen-bond donors (Lipinski definition) is 5. The number of carboxylic acids is 2. The van der Waals surface area contributed by atoms with Crippen molar-refractivity contribution in [3.8, 4) is 0 Å². The van der Waals surface area contributed by atoms with Crippen LogP contribution in [0.15, 0.2) is 27.0 Å². The maximum absolute atomic E-state index is 12.9. The Morgan fingerprint density at radius 2 is 2.20 bits per heavy atom. The van der Waals surface area contributed by atoms with Gasteiger partial charge in [0.05, 0.1) is 0 Å². The SMILES string of the molecule is Nc1nc(/C(=N/OCC(=O)O)C(=O)NC2C(=O)N3C(C(=O)O)=C(CSc4nn[nH]n4)CS[C@H]23)cs1. The van der Waals surface area contributed by atoms with Crippen LogP contribution in [0.25, 0.3) is 0 Å². The number of tetrazole rings is 1. The number of fused-ring (bicyclic) bond motifs is 1. The number of aromatic nitrogens is 5. The Labute approximate surface area is 207 Å². The molecule has 19 heteroatoms. The zero-order chi connectivity index (χ0) is 25.1. The Balaban J connectivity index is 1.49. The molecule has 2 amide bonds. The first-order valence-electron chi connectivity index (χ1n) is 9.46. The minimum atomic E-state index is -1.31. The molecule has 2 aromatic heterocycles. The van der Waals surface area contributed by atoms with E-state index in [4.69, 9.17) is 10.8 Å². The molecule has 0 spiro atoms. The summed E-state index contributed by atoms with van der Waals surface area (Å²) in [6.07, 6.45) is 0. The van der Waals surface area contributed by atoms with Crippen LogP contribution in [0.2, 0.25) is 0 Å². The molecule has 6 N–H and O–H groups in total. The zero-order valence-corrected chi connectivity index (χ0v) is 19.7. The molecule has 0 aliphatic carbocycles. The quantitative estimate of drug-likeness (QED) is 0.100. The van der Waals surface area contributed by atoms with Crippen LogP contribution >= 0.6 is 34.9 Å². The van der Waals surface area contributed by atoms with Crippen LogP contribution in [0, 0.1) is 0 Å². The largest absolute Gasteiger partial charge is 0.479 e. The van der Waals surface area contributed by atoms with Gasteiger partial charge in [-0.1, -0.05) is 16.9 Å². The fourth-order valence-corrected chi connectivity index (χ4v) is 5.89. The second-order valence-electron chi connectivity index (χ2n) is 6.78. The topological polar surface area (TPSA) is 239 Å². The van der Waals surface area contributed by atoms with Crippen molar-refractivity contribution in [2.24, 2.45) is 5.16 Å². The maximum Gasteiger partial charge on any atom is 0.352 e. The van der Waals surface area contributed by atoms with Crippen molar-refractivity contribution < 1.29 is 34.2 Å². The number of aromatic amines is 1. The highest BCUT2D eigenvalue weighted by atomic mass is 32.2. The molecule has 0 aromatic carbocycles. The number of H-pyrrole nitrogens is 1. The number of β-lactam (4-membered cyclic amide) rings is 1. The van der Waals surface area contributed by atoms with E-state index in [1.54, 1.807) is 0 Å². The van der Waals surface area contributed by atoms with Crippen molar-refractivity contribution in [3.05, 3.63) is 22.3 Å². The van der Waals surface area contributed by atoms with E-state index in [9.17, 15) is 24.3 Å². The molecule has 35 heavy (non-hydrogen) atoms. The molecule has 2 aliphatic heterocycles. The van der Waals surface area contributed by atoms with Crippen molar-refractivity contribution in [2.45, 2.75) is 16.6 Å². The minimum absolute atomic E-state index is 0.0298. The van der Waals surface area contributed by atoms with Crippen LogP contribution in [0.1, 0.15) is 5.69 Å². The summed E-state index contributed by atoms with van der Waals surface area (Å²) in [6, 6.07) is -1.05. The lowest BCUT2D eigenvalue weighted by Gasteiger charge is -2.49. The number of nitrogen functional groups attached to an aromatic ring is 1. The van der Waals surface area contributed by atoms with Crippen LogP contribution < -0.4 is 11.1 Å². The van der Waals surface area contributed by atoms with Gasteiger partial charge in [-0.3, -0.25) is 14.5 Å². The van der Waals surface area contributed by atoms with Gasteiger partial charge in [0, 0.05) is 16.9 Å². The number of thioether (sulfide) groups is 2. The van der Waals surface area contributed by atoms with Gasteiger partial charge in [0.1, 0.15) is 22.8 Å². The number of nitrogens with one attached hydrogen (secondary N) is 2. The fraction of sp³-hybridized carbons (Fsp3) is 0.312. The van der Waals surface area contributed by atoms with Crippen LogP contribution in [-0.2, 0) is 24.0 Å². The maximum atomic E-state index is 12.9. The lowest BCUT2D eigenvalue weighted by Crippen LogP contribution is -2.71. The molecule has 1 saturated heterocycles. The van der Waals surface area contributed by atoms with Crippen molar-refractivity contribution in [3.63, 3.8) is 0 Å². The summed E-state index contributed by atoms with van der Waals surface area (Å²) in [4.78, 5) is 58.1. The van der Waals surface area contributed by atoms with E-state index in [0.717, 1.165) is 28.0 Å². The smallest absolute Gasteiger partial charge is 0.352 e. The number of amides is 2. The van der Waals surface area contributed by atoms with Gasteiger partial charge in [0.2, 0.25) is 11.8 Å². The Bertz CT molecular complexity index is 1230. The minimum Gasteiger partial charge on any atom is -0.479 e. The van der Waals surface area contributed by atoms with Gasteiger partial charge < -0.3 is 26.1 Å². The molecule has 0 bridgehead atoms. The molecule has 1 fully saturated rings. The summed E-state index contributed by atoms with van der Waals surface area (Å²) >= 11 is 3.46. The standard InChI is InChI=1S/C16H15N9O7S3/c17-15-18-6(4-34-15)8(22-32-1-7(26)27)11(28)19-9-12(29)25-10(14(30)31)5(2-33-13(9)25)3-35-16-20-23-24-21-16/h4,9,13H,1-3H2,(H2,17,18)(H,19,28)(H,26,27)(H,30,31)(H,20,21,23,24)/b22-8-/t9?,13-/m1/s1. The van der Waals surface area contributed by atoms with E-state index < -0.39 is 41.8 Å². The van der Waals surface area contributed by atoms with Gasteiger partial charge in [-0.2, -0.15) is 5.21 Å². The second-order valence-corrected chi connectivity index (χ2v) is 9.72. The van der Waals surface area contributed by atoms with Crippen LogP contribution in [0.5, 0.6) is 0 Å². The average Bonchev–Trinajstić information content (AvgIpc) is 3.49. The molecular weight excluding hydrogens is 526 g/mol.